The Balaban J connectivity index is 1.63. The van der Waals surface area contributed by atoms with Crippen molar-refractivity contribution in [3.05, 3.63) is 81.0 Å². The molecule has 10 heteroatoms. The number of hydrogen-bond acceptors (Lipinski definition) is 5. The van der Waals surface area contributed by atoms with Crippen molar-refractivity contribution in [1.82, 2.24) is 9.55 Å². The highest BCUT2D eigenvalue weighted by Gasteiger charge is 2.30. The third-order valence-electron chi connectivity index (χ3n) is 4.86. The second-order valence-corrected chi connectivity index (χ2v) is 9.23. The molecule has 0 aliphatic rings. The maximum absolute atomic E-state index is 13.3. The summed E-state index contributed by atoms with van der Waals surface area (Å²) in [5.74, 6) is -0.644. The lowest BCUT2D eigenvalue weighted by atomic mass is 10.1. The standard InChI is InChI=1S/C23H18F3N3O2S2/c1-13-6-7-14(2)18(10-13)29-21(31)20-17(8-9-32-20)28-22(29)33-12-19(30)27-16-5-3-4-15(11-16)23(24,25)26/h3-11H,12H2,1-2H3,(H,27,30). The Morgan fingerprint density at radius 1 is 1.15 bits per heavy atom. The molecule has 33 heavy (non-hydrogen) atoms. The summed E-state index contributed by atoms with van der Waals surface area (Å²) in [5.41, 5.74) is 2.01. The monoisotopic (exact) mass is 489 g/mol. The first-order chi connectivity index (χ1) is 15.6. The molecule has 4 aromatic rings. The molecule has 2 aromatic heterocycles. The summed E-state index contributed by atoms with van der Waals surface area (Å²) in [6.07, 6.45) is -4.50. The minimum atomic E-state index is -4.50. The van der Waals surface area contributed by atoms with Crippen molar-refractivity contribution in [3.8, 4) is 5.69 Å². The molecule has 170 valence electrons. The number of carbonyl (C=O) groups excluding carboxylic acids is 1. The van der Waals surface area contributed by atoms with Gasteiger partial charge in [0, 0.05) is 5.69 Å². The lowest BCUT2D eigenvalue weighted by Crippen LogP contribution is -2.23. The topological polar surface area (TPSA) is 64.0 Å². The second-order valence-electron chi connectivity index (χ2n) is 7.38. The highest BCUT2D eigenvalue weighted by Crippen LogP contribution is 2.31. The van der Waals surface area contributed by atoms with Crippen LogP contribution in [-0.2, 0) is 11.0 Å². The van der Waals surface area contributed by atoms with Crippen LogP contribution in [0.25, 0.3) is 15.9 Å². The van der Waals surface area contributed by atoms with Gasteiger partial charge in [0.05, 0.1) is 22.5 Å². The zero-order valence-corrected chi connectivity index (χ0v) is 19.2. The van der Waals surface area contributed by atoms with Gasteiger partial charge in [-0.15, -0.1) is 11.3 Å². The van der Waals surface area contributed by atoms with Crippen LogP contribution in [0.5, 0.6) is 0 Å². The van der Waals surface area contributed by atoms with Crippen LogP contribution in [0, 0.1) is 13.8 Å². The van der Waals surface area contributed by atoms with Crippen LogP contribution in [0.15, 0.2) is 63.9 Å². The van der Waals surface area contributed by atoms with Gasteiger partial charge in [0.2, 0.25) is 5.91 Å². The predicted octanol–water partition coefficient (Wildman–Crippen LogP) is 5.81. The molecule has 5 nitrogen and oxygen atoms in total. The highest BCUT2D eigenvalue weighted by molar-refractivity contribution is 7.99. The first-order valence-corrected chi connectivity index (χ1v) is 11.7. The molecule has 0 saturated carbocycles. The van der Waals surface area contributed by atoms with Gasteiger partial charge in [-0.25, -0.2) is 4.98 Å². The fourth-order valence-electron chi connectivity index (χ4n) is 3.26. The fraction of sp³-hybridized carbons (Fsp3) is 0.174. The largest absolute Gasteiger partial charge is 0.416 e. The van der Waals surface area contributed by atoms with Crippen molar-refractivity contribution in [2.45, 2.75) is 25.2 Å². The van der Waals surface area contributed by atoms with Crippen molar-refractivity contribution in [1.29, 1.82) is 0 Å². The van der Waals surface area contributed by atoms with Crippen molar-refractivity contribution in [2.75, 3.05) is 11.1 Å². The van der Waals surface area contributed by atoms with E-state index < -0.39 is 17.6 Å². The molecule has 1 amide bonds. The number of amides is 1. The lowest BCUT2D eigenvalue weighted by Gasteiger charge is -2.15. The lowest BCUT2D eigenvalue weighted by molar-refractivity contribution is -0.137. The van der Waals surface area contributed by atoms with Gasteiger partial charge in [-0.3, -0.25) is 14.2 Å². The number of anilines is 1. The van der Waals surface area contributed by atoms with Gasteiger partial charge in [-0.05, 0) is 60.7 Å². The molecular weight excluding hydrogens is 471 g/mol. The number of nitrogens with one attached hydrogen (secondary N) is 1. The van der Waals surface area contributed by atoms with E-state index in [0.717, 1.165) is 35.0 Å². The van der Waals surface area contributed by atoms with Gasteiger partial charge >= 0.3 is 6.18 Å². The molecule has 1 N–H and O–H groups in total. The molecule has 0 unspecified atom stereocenters. The SMILES string of the molecule is Cc1ccc(C)c(-n2c(SCC(=O)Nc3cccc(C(F)(F)F)c3)nc3ccsc3c2=O)c1. The van der Waals surface area contributed by atoms with Gasteiger partial charge in [0.15, 0.2) is 5.16 Å². The zero-order valence-electron chi connectivity index (χ0n) is 17.6. The number of fused-ring (bicyclic) bond motifs is 1. The molecule has 4 rings (SSSR count). The summed E-state index contributed by atoms with van der Waals surface area (Å²) < 4.78 is 40.8. The van der Waals surface area contributed by atoms with Gasteiger partial charge in [0.25, 0.3) is 5.56 Å². The minimum absolute atomic E-state index is 0.0450. The Kier molecular flexibility index (Phi) is 6.31. The van der Waals surface area contributed by atoms with Crippen LogP contribution >= 0.6 is 23.1 Å². The van der Waals surface area contributed by atoms with Gasteiger partial charge in [0.1, 0.15) is 4.70 Å². The number of aryl methyl sites for hydroxylation is 2. The number of halogens is 3. The predicted molar refractivity (Wildman–Crippen MR) is 125 cm³/mol. The zero-order chi connectivity index (χ0) is 23.8. The maximum Gasteiger partial charge on any atom is 0.416 e. The number of benzene rings is 2. The van der Waals surface area contributed by atoms with Gasteiger partial charge < -0.3 is 5.32 Å². The average Bonchev–Trinajstić information content (AvgIpc) is 3.23. The maximum atomic E-state index is 13.3. The van der Waals surface area contributed by atoms with Crippen LogP contribution in [-0.4, -0.2) is 21.2 Å². The third-order valence-corrected chi connectivity index (χ3v) is 6.69. The third kappa shape index (κ3) is 4.96. The van der Waals surface area contributed by atoms with Crippen LogP contribution in [0.2, 0.25) is 0 Å². The first kappa shape index (κ1) is 23.1. The molecule has 0 spiro atoms. The second kappa shape index (κ2) is 9.03. The Bertz CT molecular complexity index is 1410. The van der Waals surface area contributed by atoms with Crippen LogP contribution < -0.4 is 10.9 Å². The number of thiophene rings is 1. The molecule has 0 fully saturated rings. The molecule has 0 radical (unpaired) electrons. The van der Waals surface area contributed by atoms with Crippen molar-refractivity contribution in [3.63, 3.8) is 0 Å². The van der Waals surface area contributed by atoms with E-state index in [1.54, 1.807) is 11.4 Å². The molecule has 0 atom stereocenters. The Morgan fingerprint density at radius 3 is 2.70 bits per heavy atom. The average molecular weight is 490 g/mol. The van der Waals surface area contributed by atoms with E-state index in [1.165, 1.54) is 28.0 Å². The number of hydrogen-bond donors (Lipinski definition) is 1. The number of nitrogens with zero attached hydrogens (tertiary/aromatic N) is 2. The van der Waals surface area contributed by atoms with E-state index in [-0.39, 0.29) is 17.0 Å². The number of carbonyl (C=O) groups is 1. The van der Waals surface area contributed by atoms with E-state index in [0.29, 0.717) is 21.1 Å². The van der Waals surface area contributed by atoms with Gasteiger partial charge in [-0.2, -0.15) is 13.2 Å². The van der Waals surface area contributed by atoms with Gasteiger partial charge in [-0.1, -0.05) is 30.0 Å². The summed E-state index contributed by atoms with van der Waals surface area (Å²) >= 11 is 2.34. The molecule has 0 aliphatic carbocycles. The normalized spacial score (nSPS) is 11.7. The molecule has 2 aromatic carbocycles. The Morgan fingerprint density at radius 2 is 1.94 bits per heavy atom. The van der Waals surface area contributed by atoms with E-state index in [2.05, 4.69) is 10.3 Å². The fourth-order valence-corrected chi connectivity index (χ4v) is 4.83. The summed E-state index contributed by atoms with van der Waals surface area (Å²) in [5, 5.41) is 4.59. The number of rotatable bonds is 5. The minimum Gasteiger partial charge on any atom is -0.325 e. The molecule has 0 bridgehead atoms. The first-order valence-electron chi connectivity index (χ1n) is 9.81. The van der Waals surface area contributed by atoms with Crippen molar-refractivity contribution in [2.24, 2.45) is 0 Å². The number of aromatic nitrogens is 2. The Labute approximate surface area is 195 Å². The van der Waals surface area contributed by atoms with Crippen LogP contribution in [0.3, 0.4) is 0 Å². The van der Waals surface area contributed by atoms with Crippen LogP contribution in [0.1, 0.15) is 16.7 Å². The van der Waals surface area contributed by atoms with E-state index in [9.17, 15) is 22.8 Å². The summed E-state index contributed by atoms with van der Waals surface area (Å²) in [7, 11) is 0. The van der Waals surface area contributed by atoms with Crippen LogP contribution in [0.4, 0.5) is 18.9 Å². The molecule has 0 saturated heterocycles. The van der Waals surface area contributed by atoms with Crippen molar-refractivity contribution < 1.29 is 18.0 Å². The van der Waals surface area contributed by atoms with E-state index >= 15 is 0 Å². The van der Waals surface area contributed by atoms with E-state index in [4.69, 9.17) is 0 Å². The smallest absolute Gasteiger partial charge is 0.325 e. The number of thioether (sulfide) groups is 1. The summed E-state index contributed by atoms with van der Waals surface area (Å²) in [6, 6.07) is 11.9. The molecule has 0 aliphatic heterocycles. The molecular formula is C23H18F3N3O2S2. The Hall–Kier alpha value is -3.11. The van der Waals surface area contributed by atoms with E-state index in [1.807, 2.05) is 32.0 Å². The van der Waals surface area contributed by atoms with Crippen molar-refractivity contribution >= 4 is 44.9 Å². The number of alkyl halides is 3. The quantitative estimate of drug-likeness (QED) is 0.284. The summed E-state index contributed by atoms with van der Waals surface area (Å²) in [4.78, 5) is 30.3. The highest BCUT2D eigenvalue weighted by atomic mass is 32.2. The molecule has 2 heterocycles. The summed E-state index contributed by atoms with van der Waals surface area (Å²) in [6.45, 7) is 3.80.